The van der Waals surface area contributed by atoms with E-state index in [0.717, 1.165) is 16.7 Å². The maximum absolute atomic E-state index is 12.3. The van der Waals surface area contributed by atoms with Crippen LogP contribution in [0.15, 0.2) is 18.2 Å². The number of carbonyl (C=O) groups excluding carboxylic acids is 1. The summed E-state index contributed by atoms with van der Waals surface area (Å²) in [5.41, 5.74) is 1.78. The monoisotopic (exact) mass is 345 g/mol. The maximum Gasteiger partial charge on any atom is 0.494 e. The molecule has 0 bridgehead atoms. The molecule has 0 aliphatic carbocycles. The van der Waals surface area contributed by atoms with Gasteiger partial charge in [-0.2, -0.15) is 0 Å². The Kier molecular flexibility index (Phi) is 4.20. The minimum atomic E-state index is -0.485. The van der Waals surface area contributed by atoms with E-state index < -0.39 is 12.7 Å². The zero-order valence-corrected chi connectivity index (χ0v) is 16.2. The van der Waals surface area contributed by atoms with Gasteiger partial charge in [0, 0.05) is 12.1 Å². The molecule has 2 heterocycles. The van der Waals surface area contributed by atoms with Crippen LogP contribution in [0.3, 0.4) is 0 Å². The quantitative estimate of drug-likeness (QED) is 0.660. The van der Waals surface area contributed by atoms with E-state index in [2.05, 4.69) is 5.32 Å². The molecule has 1 N–H and O–H groups in total. The lowest BCUT2D eigenvalue weighted by Crippen LogP contribution is -2.41. The van der Waals surface area contributed by atoms with Crippen molar-refractivity contribution in [3.8, 4) is 0 Å². The van der Waals surface area contributed by atoms with Crippen LogP contribution in [-0.2, 0) is 25.3 Å². The molecule has 1 aromatic carbocycles. The first-order valence-electron chi connectivity index (χ1n) is 8.86. The van der Waals surface area contributed by atoms with Crippen molar-refractivity contribution in [3.63, 3.8) is 0 Å². The lowest BCUT2D eigenvalue weighted by atomic mass is 9.78. The number of rotatable bonds is 2. The van der Waals surface area contributed by atoms with E-state index in [1.54, 1.807) is 0 Å². The minimum absolute atomic E-state index is 0.221. The Morgan fingerprint density at radius 1 is 1.20 bits per heavy atom. The first-order chi connectivity index (χ1) is 11.4. The number of hydrogen-bond acceptors (Lipinski definition) is 5. The van der Waals surface area contributed by atoms with E-state index in [9.17, 15) is 4.79 Å². The van der Waals surface area contributed by atoms with Crippen molar-refractivity contribution in [1.82, 2.24) is 0 Å². The highest BCUT2D eigenvalue weighted by molar-refractivity contribution is 6.62. The summed E-state index contributed by atoms with van der Waals surface area (Å²) in [6.45, 7) is 13.8. The third-order valence-corrected chi connectivity index (χ3v) is 5.10. The van der Waals surface area contributed by atoms with Crippen LogP contribution in [0.25, 0.3) is 0 Å². The van der Waals surface area contributed by atoms with Gasteiger partial charge >= 0.3 is 13.1 Å². The zero-order valence-electron chi connectivity index (χ0n) is 16.2. The van der Waals surface area contributed by atoms with Crippen molar-refractivity contribution in [3.05, 3.63) is 23.8 Å². The number of anilines is 1. The third-order valence-electron chi connectivity index (χ3n) is 5.10. The molecule has 2 aliphatic rings. The minimum Gasteiger partial charge on any atom is -0.458 e. The van der Waals surface area contributed by atoms with Crippen LogP contribution < -0.4 is 10.8 Å². The van der Waals surface area contributed by atoms with Gasteiger partial charge < -0.3 is 19.4 Å². The van der Waals surface area contributed by atoms with Crippen LogP contribution in [0.5, 0.6) is 0 Å². The summed E-state index contributed by atoms with van der Waals surface area (Å²) in [7, 11) is -0.405. The Bertz CT molecular complexity index is 677. The zero-order chi connectivity index (χ0) is 18.6. The summed E-state index contributed by atoms with van der Waals surface area (Å²) in [6, 6.07) is 5.72. The molecule has 1 atom stereocenters. The molecule has 1 unspecified atom stereocenters. The summed E-state index contributed by atoms with van der Waals surface area (Å²) >= 11 is 0. The predicted molar refractivity (Wildman–Crippen MR) is 99.1 cm³/mol. The molecule has 136 valence electrons. The molecule has 0 radical (unpaired) electrons. The van der Waals surface area contributed by atoms with Gasteiger partial charge in [0.05, 0.1) is 11.2 Å². The molecular weight excluding hydrogens is 317 g/mol. The van der Waals surface area contributed by atoms with Gasteiger partial charge in [-0.1, -0.05) is 12.1 Å². The van der Waals surface area contributed by atoms with Gasteiger partial charge in [0.2, 0.25) is 0 Å². The van der Waals surface area contributed by atoms with Crippen molar-refractivity contribution >= 4 is 24.2 Å². The molecule has 3 rings (SSSR count). The fourth-order valence-electron chi connectivity index (χ4n) is 3.01. The highest BCUT2D eigenvalue weighted by atomic mass is 16.7. The molecule has 6 heteroatoms. The number of hydrogen-bond donors (Lipinski definition) is 1. The summed E-state index contributed by atoms with van der Waals surface area (Å²) < 4.78 is 17.7. The predicted octanol–water partition coefficient (Wildman–Crippen LogP) is 2.66. The molecule has 0 spiro atoms. The first-order valence-corrected chi connectivity index (χ1v) is 8.86. The Labute approximate surface area is 150 Å². The molecule has 0 saturated carbocycles. The summed E-state index contributed by atoms with van der Waals surface area (Å²) in [5.74, 6) is -0.221. The van der Waals surface area contributed by atoms with Gasteiger partial charge in [-0.05, 0) is 65.6 Å². The van der Waals surface area contributed by atoms with Crippen LogP contribution in [0.4, 0.5) is 5.69 Å². The molecule has 2 aliphatic heterocycles. The van der Waals surface area contributed by atoms with Crippen LogP contribution in [-0.4, -0.2) is 35.9 Å². The Morgan fingerprint density at radius 3 is 2.36 bits per heavy atom. The van der Waals surface area contributed by atoms with Crippen LogP contribution >= 0.6 is 0 Å². The highest BCUT2D eigenvalue weighted by Crippen LogP contribution is 2.37. The standard InChI is InChI=1S/C19H28BNO4/c1-17(2,3)23-16(22)15-10-12-8-9-13(11-14(12)21-15)20-24-18(4,5)19(6,7)25-20/h8-9,11,15,21H,10H2,1-7H3. The lowest BCUT2D eigenvalue weighted by Gasteiger charge is -2.32. The second-order valence-corrected chi connectivity index (χ2v) is 8.94. The van der Waals surface area contributed by atoms with Crippen LogP contribution in [0.1, 0.15) is 54.0 Å². The Balaban J connectivity index is 1.74. The van der Waals surface area contributed by atoms with E-state index in [-0.39, 0.29) is 23.2 Å². The van der Waals surface area contributed by atoms with Gasteiger partial charge in [0.15, 0.2) is 0 Å². The fourth-order valence-corrected chi connectivity index (χ4v) is 3.01. The topological polar surface area (TPSA) is 56.8 Å². The van der Waals surface area contributed by atoms with E-state index >= 15 is 0 Å². The van der Waals surface area contributed by atoms with Crippen molar-refractivity contribution in [2.24, 2.45) is 0 Å². The molecule has 1 fully saturated rings. The average Bonchev–Trinajstić information content (AvgIpc) is 2.95. The molecule has 5 nitrogen and oxygen atoms in total. The SMILES string of the molecule is CC(C)(C)OC(=O)C1Cc2ccc(B3OC(C)(C)C(C)(C)O3)cc2N1. The first kappa shape index (κ1) is 18.3. The second-order valence-electron chi connectivity index (χ2n) is 8.94. The molecular formula is C19H28BNO4. The Morgan fingerprint density at radius 2 is 1.80 bits per heavy atom. The number of esters is 1. The van der Waals surface area contributed by atoms with Gasteiger partial charge in [-0.25, -0.2) is 4.79 Å². The van der Waals surface area contributed by atoms with E-state index in [0.29, 0.717) is 6.42 Å². The second kappa shape index (κ2) is 5.75. The lowest BCUT2D eigenvalue weighted by molar-refractivity contribution is -0.155. The van der Waals surface area contributed by atoms with E-state index in [4.69, 9.17) is 14.0 Å². The van der Waals surface area contributed by atoms with Gasteiger partial charge in [0.25, 0.3) is 0 Å². The average molecular weight is 345 g/mol. The molecule has 1 saturated heterocycles. The van der Waals surface area contributed by atoms with E-state index in [1.165, 1.54) is 0 Å². The summed E-state index contributed by atoms with van der Waals surface area (Å²) in [6.07, 6.45) is 0.633. The van der Waals surface area contributed by atoms with Crippen molar-refractivity contribution in [2.45, 2.75) is 77.7 Å². The molecule has 1 aromatic rings. The summed E-state index contributed by atoms with van der Waals surface area (Å²) in [5, 5.41) is 3.28. The van der Waals surface area contributed by atoms with Gasteiger partial charge in [-0.3, -0.25) is 0 Å². The highest BCUT2D eigenvalue weighted by Gasteiger charge is 2.51. The van der Waals surface area contributed by atoms with Crippen molar-refractivity contribution in [2.75, 3.05) is 5.32 Å². The summed E-state index contributed by atoms with van der Waals surface area (Å²) in [4.78, 5) is 12.3. The number of nitrogens with one attached hydrogen (secondary N) is 1. The van der Waals surface area contributed by atoms with Crippen LogP contribution in [0, 0.1) is 0 Å². The fraction of sp³-hybridized carbons (Fsp3) is 0.632. The smallest absolute Gasteiger partial charge is 0.458 e. The Hall–Kier alpha value is -1.53. The van der Waals surface area contributed by atoms with Crippen LogP contribution in [0.2, 0.25) is 0 Å². The number of ether oxygens (including phenoxy) is 1. The largest absolute Gasteiger partial charge is 0.494 e. The van der Waals surface area contributed by atoms with E-state index in [1.807, 2.05) is 66.7 Å². The molecule has 0 aromatic heterocycles. The van der Waals surface area contributed by atoms with Crippen molar-refractivity contribution in [1.29, 1.82) is 0 Å². The molecule has 0 amide bonds. The number of fused-ring (bicyclic) bond motifs is 1. The molecule has 25 heavy (non-hydrogen) atoms. The van der Waals surface area contributed by atoms with Gasteiger partial charge in [0.1, 0.15) is 11.6 Å². The third kappa shape index (κ3) is 3.56. The normalized spacial score (nSPS) is 24.0. The van der Waals surface area contributed by atoms with Crippen molar-refractivity contribution < 1.29 is 18.8 Å². The number of benzene rings is 1. The number of carbonyl (C=O) groups is 1. The van der Waals surface area contributed by atoms with Gasteiger partial charge in [-0.15, -0.1) is 0 Å². The maximum atomic E-state index is 12.3.